The first-order chi connectivity index (χ1) is 12.7. The van der Waals surface area contributed by atoms with Crippen molar-refractivity contribution in [2.24, 2.45) is 0 Å². The molecule has 0 aliphatic carbocycles. The molecule has 138 valence electrons. The molecule has 0 fully saturated rings. The molecule has 26 heavy (non-hydrogen) atoms. The van der Waals surface area contributed by atoms with Gasteiger partial charge in [0.15, 0.2) is 0 Å². The summed E-state index contributed by atoms with van der Waals surface area (Å²) in [6, 6.07) is 20.3. The highest BCUT2D eigenvalue weighted by molar-refractivity contribution is 5.83. The van der Waals surface area contributed by atoms with Crippen LogP contribution in [-0.4, -0.2) is 24.9 Å². The molecular formula is C22H28N2O2. The Morgan fingerprint density at radius 2 is 1.31 bits per heavy atom. The molecule has 0 unspecified atom stereocenters. The summed E-state index contributed by atoms with van der Waals surface area (Å²) in [5.74, 6) is -0.0523. The van der Waals surface area contributed by atoms with Gasteiger partial charge in [0.05, 0.1) is 0 Å². The number of rotatable bonds is 10. The van der Waals surface area contributed by atoms with Crippen LogP contribution in [0.2, 0.25) is 0 Å². The summed E-state index contributed by atoms with van der Waals surface area (Å²) in [6.07, 6.45) is 2.46. The molecule has 2 aromatic rings. The van der Waals surface area contributed by atoms with E-state index in [4.69, 9.17) is 0 Å². The van der Waals surface area contributed by atoms with Crippen molar-refractivity contribution in [2.75, 3.05) is 13.1 Å². The minimum atomic E-state index is -0.0903. The van der Waals surface area contributed by atoms with Crippen LogP contribution in [0.25, 0.3) is 0 Å². The number of hydrogen-bond donors (Lipinski definition) is 2. The van der Waals surface area contributed by atoms with E-state index in [1.165, 1.54) is 0 Å². The molecular weight excluding hydrogens is 324 g/mol. The van der Waals surface area contributed by atoms with Crippen molar-refractivity contribution in [1.29, 1.82) is 0 Å². The SMILES string of the molecule is CCCCNC(=O)CCC(=O)NCC(c1ccccc1)c1ccccc1. The Morgan fingerprint density at radius 3 is 1.81 bits per heavy atom. The first-order valence-electron chi connectivity index (χ1n) is 9.34. The molecule has 0 saturated heterocycles. The molecule has 2 rings (SSSR count). The molecule has 0 heterocycles. The van der Waals surface area contributed by atoms with E-state index in [1.807, 2.05) is 36.4 Å². The van der Waals surface area contributed by atoms with Crippen molar-refractivity contribution >= 4 is 11.8 Å². The zero-order chi connectivity index (χ0) is 18.6. The van der Waals surface area contributed by atoms with Gasteiger partial charge in [-0.3, -0.25) is 9.59 Å². The van der Waals surface area contributed by atoms with Crippen LogP contribution in [0.3, 0.4) is 0 Å². The second-order valence-corrected chi connectivity index (χ2v) is 6.38. The van der Waals surface area contributed by atoms with Gasteiger partial charge in [0.25, 0.3) is 0 Å². The fourth-order valence-corrected chi connectivity index (χ4v) is 2.82. The fraction of sp³-hybridized carbons (Fsp3) is 0.364. The fourth-order valence-electron chi connectivity index (χ4n) is 2.82. The number of unbranched alkanes of at least 4 members (excludes halogenated alkanes) is 1. The summed E-state index contributed by atoms with van der Waals surface area (Å²) in [4.78, 5) is 23.9. The van der Waals surface area contributed by atoms with E-state index in [0.717, 1.165) is 24.0 Å². The number of nitrogens with one attached hydrogen (secondary N) is 2. The second-order valence-electron chi connectivity index (χ2n) is 6.38. The van der Waals surface area contributed by atoms with Gasteiger partial charge in [-0.25, -0.2) is 0 Å². The largest absolute Gasteiger partial charge is 0.356 e. The van der Waals surface area contributed by atoms with Gasteiger partial charge in [0.1, 0.15) is 0 Å². The topological polar surface area (TPSA) is 58.2 Å². The molecule has 0 saturated carbocycles. The van der Waals surface area contributed by atoms with Gasteiger partial charge in [-0.15, -0.1) is 0 Å². The van der Waals surface area contributed by atoms with Crippen molar-refractivity contribution in [1.82, 2.24) is 10.6 Å². The number of carbonyl (C=O) groups excluding carboxylic acids is 2. The summed E-state index contributed by atoms with van der Waals surface area (Å²) in [7, 11) is 0. The Hall–Kier alpha value is -2.62. The highest BCUT2D eigenvalue weighted by Crippen LogP contribution is 2.23. The van der Waals surface area contributed by atoms with Crippen LogP contribution >= 0.6 is 0 Å². The average molecular weight is 352 g/mol. The number of benzene rings is 2. The van der Waals surface area contributed by atoms with Crippen LogP contribution in [0.15, 0.2) is 60.7 Å². The zero-order valence-corrected chi connectivity index (χ0v) is 15.4. The van der Waals surface area contributed by atoms with E-state index in [1.54, 1.807) is 0 Å². The maximum Gasteiger partial charge on any atom is 0.220 e. The molecule has 0 radical (unpaired) electrons. The van der Waals surface area contributed by atoms with E-state index < -0.39 is 0 Å². The predicted molar refractivity (Wildman–Crippen MR) is 105 cm³/mol. The third-order valence-electron chi connectivity index (χ3n) is 4.34. The lowest BCUT2D eigenvalue weighted by Crippen LogP contribution is -2.31. The maximum atomic E-state index is 12.2. The van der Waals surface area contributed by atoms with Crippen molar-refractivity contribution in [3.8, 4) is 0 Å². The molecule has 0 aromatic heterocycles. The lowest BCUT2D eigenvalue weighted by molar-refractivity contribution is -0.126. The Balaban J connectivity index is 1.87. The molecule has 0 aliphatic heterocycles. The molecule has 2 amide bonds. The number of amides is 2. The molecule has 0 spiro atoms. The first-order valence-corrected chi connectivity index (χ1v) is 9.34. The molecule has 2 N–H and O–H groups in total. The molecule has 0 atom stereocenters. The van der Waals surface area contributed by atoms with Gasteiger partial charge in [-0.2, -0.15) is 0 Å². The van der Waals surface area contributed by atoms with Crippen molar-refractivity contribution < 1.29 is 9.59 Å². The Bertz CT molecular complexity index is 632. The summed E-state index contributed by atoms with van der Waals surface area (Å²) in [5, 5.41) is 5.82. The van der Waals surface area contributed by atoms with E-state index in [9.17, 15) is 9.59 Å². The molecule has 0 aliphatic rings. The molecule has 0 bridgehead atoms. The molecule has 2 aromatic carbocycles. The lowest BCUT2D eigenvalue weighted by atomic mass is 9.91. The van der Waals surface area contributed by atoms with Crippen molar-refractivity contribution in [3.63, 3.8) is 0 Å². The van der Waals surface area contributed by atoms with Crippen LogP contribution in [0.5, 0.6) is 0 Å². The lowest BCUT2D eigenvalue weighted by Gasteiger charge is -2.19. The van der Waals surface area contributed by atoms with Crippen molar-refractivity contribution in [3.05, 3.63) is 71.8 Å². The normalized spacial score (nSPS) is 10.5. The summed E-state index contributed by atoms with van der Waals surface area (Å²) >= 11 is 0. The average Bonchev–Trinajstić information content (AvgIpc) is 2.68. The van der Waals surface area contributed by atoms with E-state index in [2.05, 4.69) is 41.8 Å². The molecule has 4 nitrogen and oxygen atoms in total. The van der Waals surface area contributed by atoms with Gasteiger partial charge in [0.2, 0.25) is 11.8 Å². The molecule has 4 heteroatoms. The Kier molecular flexibility index (Phi) is 8.40. The van der Waals surface area contributed by atoms with Crippen molar-refractivity contribution in [2.45, 2.75) is 38.5 Å². The third kappa shape index (κ3) is 6.71. The zero-order valence-electron chi connectivity index (χ0n) is 15.4. The summed E-state index contributed by atoms with van der Waals surface area (Å²) in [6.45, 7) is 3.28. The number of carbonyl (C=O) groups is 2. The van der Waals surface area contributed by atoms with Gasteiger partial charge >= 0.3 is 0 Å². The van der Waals surface area contributed by atoms with Crippen LogP contribution in [0.1, 0.15) is 49.7 Å². The monoisotopic (exact) mass is 352 g/mol. The van der Waals surface area contributed by atoms with Gasteiger partial charge in [-0.05, 0) is 17.5 Å². The maximum absolute atomic E-state index is 12.2. The first kappa shape index (κ1) is 19.7. The quantitative estimate of drug-likeness (QED) is 0.642. The standard InChI is InChI=1S/C22H28N2O2/c1-2-3-16-23-21(25)14-15-22(26)24-17-20(18-10-6-4-7-11-18)19-12-8-5-9-13-19/h4-13,20H,2-3,14-17H2,1H3,(H,23,25)(H,24,26). The minimum Gasteiger partial charge on any atom is -0.356 e. The Labute approximate surface area is 156 Å². The summed E-state index contributed by atoms with van der Waals surface area (Å²) < 4.78 is 0. The van der Waals surface area contributed by atoms with Gasteiger partial charge in [-0.1, -0.05) is 74.0 Å². The summed E-state index contributed by atoms with van der Waals surface area (Å²) in [5.41, 5.74) is 2.33. The Morgan fingerprint density at radius 1 is 0.808 bits per heavy atom. The highest BCUT2D eigenvalue weighted by Gasteiger charge is 2.15. The third-order valence-corrected chi connectivity index (χ3v) is 4.34. The highest BCUT2D eigenvalue weighted by atomic mass is 16.2. The minimum absolute atomic E-state index is 0.0590. The van der Waals surface area contributed by atoms with E-state index in [0.29, 0.717) is 13.1 Å². The predicted octanol–water partition coefficient (Wildman–Crippen LogP) is 3.63. The van der Waals surface area contributed by atoms with Crippen LogP contribution < -0.4 is 10.6 Å². The van der Waals surface area contributed by atoms with Crippen LogP contribution in [-0.2, 0) is 9.59 Å². The number of hydrogen-bond acceptors (Lipinski definition) is 2. The van der Waals surface area contributed by atoms with Crippen LogP contribution in [0.4, 0.5) is 0 Å². The smallest absolute Gasteiger partial charge is 0.220 e. The van der Waals surface area contributed by atoms with Gasteiger partial charge in [0, 0.05) is 31.8 Å². The van der Waals surface area contributed by atoms with E-state index >= 15 is 0 Å². The van der Waals surface area contributed by atoms with E-state index in [-0.39, 0.29) is 30.6 Å². The van der Waals surface area contributed by atoms with Gasteiger partial charge < -0.3 is 10.6 Å². The second kappa shape index (κ2) is 11.1. The van der Waals surface area contributed by atoms with Crippen LogP contribution in [0, 0.1) is 0 Å².